The summed E-state index contributed by atoms with van der Waals surface area (Å²) in [6, 6.07) is 1.30. The summed E-state index contributed by atoms with van der Waals surface area (Å²) in [4.78, 5) is 22.4. The average Bonchev–Trinajstić information content (AvgIpc) is 2.88. The maximum absolute atomic E-state index is 11.6. The van der Waals surface area contributed by atoms with Gasteiger partial charge in [0, 0.05) is 0 Å². The van der Waals surface area contributed by atoms with Gasteiger partial charge in [0.25, 0.3) is 11.8 Å². The van der Waals surface area contributed by atoms with Gasteiger partial charge in [0.05, 0.1) is 13.2 Å². The summed E-state index contributed by atoms with van der Waals surface area (Å²) in [7, 11) is 1.39. The topological polar surface area (TPSA) is 102 Å². The molecule has 0 aromatic carbocycles. The molecule has 1 aromatic rings. The van der Waals surface area contributed by atoms with Crippen molar-refractivity contribution < 1.29 is 24.0 Å². The summed E-state index contributed by atoms with van der Waals surface area (Å²) in [5, 5.41) is 14.7. The minimum absolute atomic E-state index is 0.0654. The Kier molecular flexibility index (Phi) is 2.30. The van der Waals surface area contributed by atoms with Crippen molar-refractivity contribution in [3.8, 4) is 5.88 Å². The highest BCUT2D eigenvalue weighted by Crippen LogP contribution is 2.35. The van der Waals surface area contributed by atoms with Crippen LogP contribution in [0.5, 0.6) is 5.88 Å². The van der Waals surface area contributed by atoms with Crippen molar-refractivity contribution in [2.45, 2.75) is 18.4 Å². The molecule has 16 heavy (non-hydrogen) atoms. The molecular formula is C9H10N2O5. The lowest BCUT2D eigenvalue weighted by Gasteiger charge is -2.09. The third-order valence-corrected chi connectivity index (χ3v) is 2.43. The Labute approximate surface area is 90.4 Å². The zero-order valence-corrected chi connectivity index (χ0v) is 8.52. The van der Waals surface area contributed by atoms with E-state index in [9.17, 15) is 9.59 Å². The number of amides is 1. The molecule has 86 valence electrons. The van der Waals surface area contributed by atoms with Gasteiger partial charge in [0.2, 0.25) is 5.76 Å². The molecule has 1 fully saturated rings. The van der Waals surface area contributed by atoms with Crippen molar-refractivity contribution in [2.75, 3.05) is 7.11 Å². The van der Waals surface area contributed by atoms with Crippen LogP contribution in [0.4, 0.5) is 0 Å². The van der Waals surface area contributed by atoms with Crippen molar-refractivity contribution in [3.63, 3.8) is 0 Å². The van der Waals surface area contributed by atoms with E-state index in [1.54, 1.807) is 0 Å². The van der Waals surface area contributed by atoms with Gasteiger partial charge in [0.15, 0.2) is 0 Å². The van der Waals surface area contributed by atoms with E-state index in [1.807, 2.05) is 0 Å². The molecule has 1 amide bonds. The van der Waals surface area contributed by atoms with Gasteiger partial charge in [0.1, 0.15) is 5.54 Å². The van der Waals surface area contributed by atoms with E-state index < -0.39 is 17.4 Å². The first kappa shape index (κ1) is 10.5. The van der Waals surface area contributed by atoms with Gasteiger partial charge in [-0.3, -0.25) is 4.79 Å². The molecule has 1 heterocycles. The van der Waals surface area contributed by atoms with Gasteiger partial charge >= 0.3 is 5.97 Å². The Morgan fingerprint density at radius 1 is 1.62 bits per heavy atom. The molecule has 7 heteroatoms. The van der Waals surface area contributed by atoms with Crippen LogP contribution in [-0.2, 0) is 4.79 Å². The maximum atomic E-state index is 11.6. The van der Waals surface area contributed by atoms with Crippen LogP contribution in [0.3, 0.4) is 0 Å². The fraction of sp³-hybridized carbons (Fsp3) is 0.444. The van der Waals surface area contributed by atoms with Crippen LogP contribution in [0.25, 0.3) is 0 Å². The predicted molar refractivity (Wildman–Crippen MR) is 50.1 cm³/mol. The van der Waals surface area contributed by atoms with E-state index in [2.05, 4.69) is 10.5 Å². The highest BCUT2D eigenvalue weighted by molar-refractivity contribution is 5.97. The van der Waals surface area contributed by atoms with Gasteiger partial charge in [-0.15, -0.1) is 0 Å². The molecule has 0 atom stereocenters. The van der Waals surface area contributed by atoms with Crippen LogP contribution in [-0.4, -0.2) is 34.8 Å². The van der Waals surface area contributed by atoms with E-state index in [1.165, 1.54) is 13.2 Å². The van der Waals surface area contributed by atoms with Crippen molar-refractivity contribution in [3.05, 3.63) is 11.8 Å². The number of aromatic nitrogens is 1. The normalized spacial score (nSPS) is 16.6. The Hall–Kier alpha value is -2.05. The number of ether oxygens (including phenoxy) is 1. The second-order valence-electron chi connectivity index (χ2n) is 3.57. The third-order valence-electron chi connectivity index (χ3n) is 2.43. The fourth-order valence-electron chi connectivity index (χ4n) is 1.26. The van der Waals surface area contributed by atoms with Gasteiger partial charge in [-0.1, -0.05) is 0 Å². The smallest absolute Gasteiger partial charge is 0.329 e. The summed E-state index contributed by atoms with van der Waals surface area (Å²) < 4.78 is 9.43. The monoisotopic (exact) mass is 226 g/mol. The van der Waals surface area contributed by atoms with E-state index in [4.69, 9.17) is 14.4 Å². The molecule has 2 rings (SSSR count). The SMILES string of the molecule is COc1cc(C(=O)NC2(C(=O)O)CC2)on1. The molecule has 0 bridgehead atoms. The Bertz CT molecular complexity index is 435. The number of hydrogen-bond donors (Lipinski definition) is 2. The molecule has 0 aliphatic heterocycles. The van der Waals surface area contributed by atoms with Gasteiger partial charge in [-0.05, 0) is 18.0 Å². The Morgan fingerprint density at radius 2 is 2.31 bits per heavy atom. The van der Waals surface area contributed by atoms with Crippen LogP contribution < -0.4 is 10.1 Å². The summed E-state index contributed by atoms with van der Waals surface area (Å²) >= 11 is 0. The molecular weight excluding hydrogens is 216 g/mol. The van der Waals surface area contributed by atoms with E-state index >= 15 is 0 Å². The minimum Gasteiger partial charge on any atom is -0.480 e. The van der Waals surface area contributed by atoms with Gasteiger partial charge in [-0.25, -0.2) is 4.79 Å². The lowest BCUT2D eigenvalue weighted by atomic mass is 10.2. The molecule has 0 unspecified atom stereocenters. The first-order valence-electron chi connectivity index (χ1n) is 4.64. The van der Waals surface area contributed by atoms with Crippen molar-refractivity contribution in [1.82, 2.24) is 10.5 Å². The highest BCUT2D eigenvalue weighted by Gasteiger charge is 2.52. The lowest BCUT2D eigenvalue weighted by molar-refractivity contribution is -0.140. The standard InChI is InChI=1S/C9H10N2O5/c1-15-6-4-5(16-11-6)7(12)10-9(2-3-9)8(13)14/h4H,2-3H2,1H3,(H,10,12)(H,13,14). The largest absolute Gasteiger partial charge is 0.480 e. The lowest BCUT2D eigenvalue weighted by Crippen LogP contribution is -2.42. The fourth-order valence-corrected chi connectivity index (χ4v) is 1.26. The van der Waals surface area contributed by atoms with Crippen LogP contribution in [0.2, 0.25) is 0 Å². The summed E-state index contributed by atoms with van der Waals surface area (Å²) in [5.41, 5.74) is -1.13. The summed E-state index contributed by atoms with van der Waals surface area (Å²) in [6.07, 6.45) is 0.860. The predicted octanol–water partition coefficient (Wildman–Crippen LogP) is 0.0302. The second kappa shape index (κ2) is 3.51. The molecule has 2 N–H and O–H groups in total. The average molecular weight is 226 g/mol. The zero-order valence-electron chi connectivity index (χ0n) is 8.52. The molecule has 0 radical (unpaired) electrons. The third kappa shape index (κ3) is 1.71. The molecule has 1 aromatic heterocycles. The van der Waals surface area contributed by atoms with Crippen molar-refractivity contribution in [1.29, 1.82) is 0 Å². The number of carbonyl (C=O) groups excluding carboxylic acids is 1. The summed E-state index contributed by atoms with van der Waals surface area (Å²) in [6.45, 7) is 0. The molecule has 0 saturated heterocycles. The number of methoxy groups -OCH3 is 1. The summed E-state index contributed by atoms with van der Waals surface area (Å²) in [5.74, 6) is -1.53. The number of carboxylic acids is 1. The van der Waals surface area contributed by atoms with Gasteiger partial charge < -0.3 is 19.7 Å². The van der Waals surface area contributed by atoms with Crippen molar-refractivity contribution >= 4 is 11.9 Å². The Balaban J connectivity index is 2.06. The molecule has 1 aliphatic rings. The van der Waals surface area contributed by atoms with Gasteiger partial charge in [-0.2, -0.15) is 0 Å². The zero-order chi connectivity index (χ0) is 11.8. The van der Waals surface area contributed by atoms with Crippen molar-refractivity contribution in [2.24, 2.45) is 0 Å². The Morgan fingerprint density at radius 3 is 2.75 bits per heavy atom. The van der Waals surface area contributed by atoms with Crippen LogP contribution in [0, 0.1) is 0 Å². The van der Waals surface area contributed by atoms with E-state index in [-0.39, 0.29) is 11.6 Å². The van der Waals surface area contributed by atoms with E-state index in [0.29, 0.717) is 12.8 Å². The molecule has 7 nitrogen and oxygen atoms in total. The molecule has 1 aliphatic carbocycles. The number of carbonyl (C=O) groups is 2. The number of aliphatic carboxylic acids is 1. The first-order valence-corrected chi connectivity index (χ1v) is 4.64. The van der Waals surface area contributed by atoms with Crippen LogP contribution in [0.1, 0.15) is 23.4 Å². The number of rotatable bonds is 4. The number of carboxylic acid groups (broad SMARTS) is 1. The highest BCUT2D eigenvalue weighted by atomic mass is 16.5. The maximum Gasteiger partial charge on any atom is 0.329 e. The first-order chi connectivity index (χ1) is 7.57. The van der Waals surface area contributed by atoms with Crippen LogP contribution in [0.15, 0.2) is 10.6 Å². The van der Waals surface area contributed by atoms with Crippen LogP contribution >= 0.6 is 0 Å². The number of nitrogens with one attached hydrogen (secondary N) is 1. The number of nitrogens with zero attached hydrogens (tertiary/aromatic N) is 1. The minimum atomic E-state index is -1.13. The number of hydrogen-bond acceptors (Lipinski definition) is 5. The molecule has 0 spiro atoms. The molecule has 1 saturated carbocycles. The van der Waals surface area contributed by atoms with E-state index in [0.717, 1.165) is 0 Å². The second-order valence-corrected chi connectivity index (χ2v) is 3.57. The quantitative estimate of drug-likeness (QED) is 0.751.